The monoisotopic (exact) mass is 381 g/mol. The molecular formula is C18H31N5O2S. The van der Waals surface area contributed by atoms with Crippen LogP contribution in [0.5, 0.6) is 0 Å². The van der Waals surface area contributed by atoms with Gasteiger partial charge in [-0.15, -0.1) is 11.3 Å². The van der Waals surface area contributed by atoms with Crippen LogP contribution in [-0.2, 0) is 4.79 Å². The summed E-state index contributed by atoms with van der Waals surface area (Å²) in [6.07, 6.45) is 4.05. The molecule has 1 atom stereocenters. The molecule has 0 saturated carbocycles. The highest BCUT2D eigenvalue weighted by Crippen LogP contribution is 2.31. The number of thiazole rings is 1. The van der Waals surface area contributed by atoms with E-state index in [4.69, 9.17) is 0 Å². The van der Waals surface area contributed by atoms with E-state index in [-0.39, 0.29) is 23.4 Å². The van der Waals surface area contributed by atoms with Gasteiger partial charge >= 0.3 is 6.03 Å². The minimum absolute atomic E-state index is 0.0374. The summed E-state index contributed by atoms with van der Waals surface area (Å²) >= 11 is 1.53. The molecule has 1 fully saturated rings. The van der Waals surface area contributed by atoms with Gasteiger partial charge in [-0.3, -0.25) is 4.79 Å². The van der Waals surface area contributed by atoms with Gasteiger partial charge in [-0.25, -0.2) is 9.78 Å². The number of amides is 3. The van der Waals surface area contributed by atoms with E-state index in [9.17, 15) is 9.59 Å². The van der Waals surface area contributed by atoms with Crippen molar-refractivity contribution in [2.45, 2.75) is 65.0 Å². The molecule has 0 bridgehead atoms. The molecule has 26 heavy (non-hydrogen) atoms. The Morgan fingerprint density at radius 2 is 1.92 bits per heavy atom. The van der Waals surface area contributed by atoms with Gasteiger partial charge in [0, 0.05) is 16.6 Å². The lowest BCUT2D eigenvalue weighted by molar-refractivity contribution is -0.118. The lowest BCUT2D eigenvalue weighted by atomic mass is 9.97. The number of anilines is 1. The molecule has 0 aromatic carbocycles. The Morgan fingerprint density at radius 1 is 1.27 bits per heavy atom. The fourth-order valence-corrected chi connectivity index (χ4v) is 3.86. The first-order valence-electron chi connectivity index (χ1n) is 9.21. The largest absolute Gasteiger partial charge is 0.334 e. The van der Waals surface area contributed by atoms with Gasteiger partial charge in [0.2, 0.25) is 5.91 Å². The van der Waals surface area contributed by atoms with Crippen LogP contribution in [0.1, 0.15) is 58.3 Å². The van der Waals surface area contributed by atoms with Gasteiger partial charge in [-0.2, -0.15) is 0 Å². The Labute approximate surface area is 159 Å². The summed E-state index contributed by atoms with van der Waals surface area (Å²) in [7, 11) is 0. The average Bonchev–Trinajstić information content (AvgIpc) is 3.00. The highest BCUT2D eigenvalue weighted by atomic mass is 32.1. The molecule has 2 rings (SSSR count). The summed E-state index contributed by atoms with van der Waals surface area (Å²) in [6.45, 7) is 11.5. The zero-order chi connectivity index (χ0) is 19.3. The lowest BCUT2D eigenvalue weighted by Crippen LogP contribution is -2.54. The van der Waals surface area contributed by atoms with E-state index in [1.165, 1.54) is 16.2 Å². The van der Waals surface area contributed by atoms with Crippen molar-refractivity contribution in [3.63, 3.8) is 0 Å². The maximum absolute atomic E-state index is 12.6. The topological polar surface area (TPSA) is 95.2 Å². The van der Waals surface area contributed by atoms with E-state index in [0.29, 0.717) is 11.0 Å². The molecule has 4 N–H and O–H groups in total. The van der Waals surface area contributed by atoms with Crippen LogP contribution in [0.3, 0.4) is 0 Å². The van der Waals surface area contributed by atoms with Crippen LogP contribution >= 0.6 is 11.3 Å². The number of rotatable bonds is 5. The van der Waals surface area contributed by atoms with Crippen molar-refractivity contribution in [3.05, 3.63) is 11.1 Å². The zero-order valence-electron chi connectivity index (χ0n) is 16.3. The predicted octanol–water partition coefficient (Wildman–Crippen LogP) is 2.67. The normalized spacial score (nSPS) is 17.0. The quantitative estimate of drug-likeness (QED) is 0.631. The van der Waals surface area contributed by atoms with Gasteiger partial charge in [0.1, 0.15) is 6.04 Å². The van der Waals surface area contributed by atoms with E-state index < -0.39 is 6.04 Å². The molecule has 0 spiro atoms. The molecule has 1 saturated heterocycles. The van der Waals surface area contributed by atoms with Crippen molar-refractivity contribution in [1.82, 2.24) is 20.9 Å². The molecule has 1 aromatic heterocycles. The molecule has 0 unspecified atom stereocenters. The molecule has 2 heterocycles. The fraction of sp³-hybridized carbons (Fsp3) is 0.722. The van der Waals surface area contributed by atoms with Crippen LogP contribution < -0.4 is 21.3 Å². The molecule has 1 aliphatic rings. The van der Waals surface area contributed by atoms with Crippen molar-refractivity contribution in [1.29, 1.82) is 0 Å². The molecule has 3 amide bonds. The summed E-state index contributed by atoms with van der Waals surface area (Å²) in [5.41, 5.74) is -0.360. The fourth-order valence-electron chi connectivity index (χ4n) is 2.88. The van der Waals surface area contributed by atoms with Gasteiger partial charge in [0.25, 0.3) is 0 Å². The van der Waals surface area contributed by atoms with Crippen molar-refractivity contribution < 1.29 is 9.59 Å². The number of nitrogens with one attached hydrogen (secondary N) is 4. The van der Waals surface area contributed by atoms with Crippen LogP contribution in [-0.4, -0.2) is 41.6 Å². The Kier molecular flexibility index (Phi) is 7.00. The standard InChI is InChI=1S/C18H31N5O2S/c1-11(2)14(21-16(25)23-18(3,4)5)15(24)22-17-20-10-13(26-17)12-6-8-19-9-7-12/h10-12,14,19H,6-9H2,1-5H3,(H,20,22,24)(H2,21,23,25)/t14-/m0/s1. The van der Waals surface area contributed by atoms with E-state index in [0.717, 1.165) is 25.9 Å². The van der Waals surface area contributed by atoms with Crippen LogP contribution in [0.2, 0.25) is 0 Å². The van der Waals surface area contributed by atoms with Gasteiger partial charge < -0.3 is 21.3 Å². The number of carbonyl (C=O) groups is 2. The molecule has 146 valence electrons. The third kappa shape index (κ3) is 6.25. The minimum atomic E-state index is -0.622. The first kappa shape index (κ1) is 20.6. The number of nitrogens with zero attached hydrogens (tertiary/aromatic N) is 1. The molecule has 1 aliphatic heterocycles. The summed E-state index contributed by atoms with van der Waals surface area (Å²) in [5.74, 6) is 0.232. The predicted molar refractivity (Wildman–Crippen MR) is 106 cm³/mol. The van der Waals surface area contributed by atoms with Gasteiger partial charge in [-0.05, 0) is 58.5 Å². The molecular weight excluding hydrogens is 350 g/mol. The smallest absolute Gasteiger partial charge is 0.315 e. The number of urea groups is 1. The molecule has 0 aliphatic carbocycles. The van der Waals surface area contributed by atoms with Crippen molar-refractivity contribution in [3.8, 4) is 0 Å². The third-order valence-electron chi connectivity index (χ3n) is 4.22. The highest BCUT2D eigenvalue weighted by Gasteiger charge is 2.27. The first-order chi connectivity index (χ1) is 12.2. The maximum Gasteiger partial charge on any atom is 0.315 e. The molecule has 1 aromatic rings. The van der Waals surface area contributed by atoms with E-state index in [1.54, 1.807) is 0 Å². The second-order valence-corrected chi connectivity index (χ2v) is 9.21. The Morgan fingerprint density at radius 3 is 2.50 bits per heavy atom. The lowest BCUT2D eigenvalue weighted by Gasteiger charge is -2.25. The number of piperidine rings is 1. The van der Waals surface area contributed by atoms with Crippen LogP contribution in [0.25, 0.3) is 0 Å². The van der Waals surface area contributed by atoms with Gasteiger partial charge in [-0.1, -0.05) is 13.8 Å². The van der Waals surface area contributed by atoms with Crippen LogP contribution in [0.15, 0.2) is 6.20 Å². The summed E-state index contributed by atoms with van der Waals surface area (Å²) in [4.78, 5) is 30.3. The Hall–Kier alpha value is -1.67. The third-order valence-corrected chi connectivity index (χ3v) is 5.29. The average molecular weight is 382 g/mol. The van der Waals surface area contributed by atoms with E-state index in [1.807, 2.05) is 40.8 Å². The Balaban J connectivity index is 1.96. The highest BCUT2D eigenvalue weighted by molar-refractivity contribution is 7.15. The molecule has 7 nitrogen and oxygen atoms in total. The van der Waals surface area contributed by atoms with Crippen LogP contribution in [0, 0.1) is 5.92 Å². The van der Waals surface area contributed by atoms with Crippen molar-refractivity contribution in [2.75, 3.05) is 18.4 Å². The summed E-state index contributed by atoms with van der Waals surface area (Å²) in [5, 5.41) is 12.4. The second kappa shape index (κ2) is 8.81. The van der Waals surface area contributed by atoms with Gasteiger partial charge in [0.05, 0.1) is 0 Å². The van der Waals surface area contributed by atoms with E-state index >= 15 is 0 Å². The van der Waals surface area contributed by atoms with Crippen molar-refractivity contribution in [2.24, 2.45) is 5.92 Å². The Bertz CT molecular complexity index is 617. The number of aromatic nitrogens is 1. The number of hydrogen-bond acceptors (Lipinski definition) is 5. The zero-order valence-corrected chi connectivity index (χ0v) is 17.1. The van der Waals surface area contributed by atoms with Crippen molar-refractivity contribution >= 4 is 28.4 Å². The molecule has 8 heteroatoms. The summed E-state index contributed by atoms with van der Waals surface area (Å²) < 4.78 is 0. The van der Waals surface area contributed by atoms with Gasteiger partial charge in [0.15, 0.2) is 5.13 Å². The number of carbonyl (C=O) groups excluding carboxylic acids is 2. The second-order valence-electron chi connectivity index (χ2n) is 8.15. The number of hydrogen-bond donors (Lipinski definition) is 4. The van der Waals surface area contributed by atoms with E-state index in [2.05, 4.69) is 26.3 Å². The molecule has 0 radical (unpaired) electrons. The maximum atomic E-state index is 12.6. The minimum Gasteiger partial charge on any atom is -0.334 e. The summed E-state index contributed by atoms with van der Waals surface area (Å²) in [6, 6.07) is -0.968. The van der Waals surface area contributed by atoms with Crippen LogP contribution in [0.4, 0.5) is 9.93 Å². The SMILES string of the molecule is CC(C)[C@H](NC(=O)NC(C)(C)C)C(=O)Nc1ncc(C2CCNCC2)s1. The first-order valence-corrected chi connectivity index (χ1v) is 10.0.